The van der Waals surface area contributed by atoms with E-state index in [9.17, 15) is 4.79 Å². The van der Waals surface area contributed by atoms with Crippen molar-refractivity contribution < 1.29 is 4.79 Å². The second-order valence-electron chi connectivity index (χ2n) is 7.22. The third-order valence-electron chi connectivity index (χ3n) is 5.08. The molecule has 3 rings (SSSR count). The Hall–Kier alpha value is -1.51. The van der Waals surface area contributed by atoms with Crippen LogP contribution in [0.4, 0.5) is 5.69 Å². The minimum Gasteiger partial charge on any atom is -0.372 e. The van der Waals surface area contributed by atoms with Crippen LogP contribution >= 0.6 is 24.0 Å². The number of carbonyl (C=O) groups excluding carboxylic acids is 1. The Bertz CT molecular complexity index is 641. The molecule has 27 heavy (non-hydrogen) atoms. The van der Waals surface area contributed by atoms with E-state index in [-0.39, 0.29) is 41.8 Å². The molecule has 0 bridgehead atoms. The van der Waals surface area contributed by atoms with E-state index in [0.29, 0.717) is 13.1 Å². The monoisotopic (exact) mass is 485 g/mol. The second-order valence-corrected chi connectivity index (χ2v) is 7.22. The van der Waals surface area contributed by atoms with E-state index in [2.05, 4.69) is 57.0 Å². The van der Waals surface area contributed by atoms with Crippen LogP contribution in [0.25, 0.3) is 0 Å². The maximum atomic E-state index is 11.6. The van der Waals surface area contributed by atoms with Gasteiger partial charge in [-0.05, 0) is 50.3 Å². The zero-order valence-corrected chi connectivity index (χ0v) is 18.7. The van der Waals surface area contributed by atoms with Gasteiger partial charge in [0.2, 0.25) is 5.91 Å². The van der Waals surface area contributed by atoms with Crippen LogP contribution in [0.5, 0.6) is 0 Å². The number of guanidine groups is 1. The number of hydrogen-bond acceptors (Lipinski definition) is 3. The number of nitrogens with one attached hydrogen (secondary N) is 3. The van der Waals surface area contributed by atoms with Crippen LogP contribution < -0.4 is 20.9 Å². The molecule has 1 amide bonds. The first kappa shape index (κ1) is 21.8. The Morgan fingerprint density at radius 2 is 1.93 bits per heavy atom. The van der Waals surface area contributed by atoms with E-state index in [4.69, 9.17) is 0 Å². The normalized spacial score (nSPS) is 17.9. The minimum atomic E-state index is 0. The topological polar surface area (TPSA) is 68.8 Å². The predicted octanol–water partition coefficient (Wildman–Crippen LogP) is 2.66. The van der Waals surface area contributed by atoms with Gasteiger partial charge in [-0.25, -0.2) is 0 Å². The van der Waals surface area contributed by atoms with Gasteiger partial charge in [0.1, 0.15) is 0 Å². The molecule has 1 saturated carbocycles. The van der Waals surface area contributed by atoms with E-state index in [1.165, 1.54) is 24.1 Å². The Balaban J connectivity index is 0.00000261. The van der Waals surface area contributed by atoms with Crippen molar-refractivity contribution in [3.05, 3.63) is 29.8 Å². The van der Waals surface area contributed by atoms with Gasteiger partial charge in [0.25, 0.3) is 0 Å². The van der Waals surface area contributed by atoms with Crippen LogP contribution in [0, 0.1) is 5.92 Å². The molecule has 0 radical (unpaired) electrons. The lowest BCUT2D eigenvalue weighted by Crippen LogP contribution is -2.42. The van der Waals surface area contributed by atoms with Gasteiger partial charge >= 0.3 is 0 Å². The molecule has 1 unspecified atom stereocenters. The summed E-state index contributed by atoms with van der Waals surface area (Å²) in [6, 6.07) is 8.90. The molecule has 0 aromatic heterocycles. The second kappa shape index (κ2) is 10.7. The fourth-order valence-electron chi connectivity index (χ4n) is 3.31. The smallest absolute Gasteiger partial charge is 0.223 e. The largest absolute Gasteiger partial charge is 0.372 e. The predicted molar refractivity (Wildman–Crippen MR) is 122 cm³/mol. The summed E-state index contributed by atoms with van der Waals surface area (Å²) in [7, 11) is 1.77. The highest BCUT2D eigenvalue weighted by Crippen LogP contribution is 2.28. The number of aliphatic imine (C=N–C) groups is 1. The summed E-state index contributed by atoms with van der Waals surface area (Å²) in [6.07, 6.45) is 4.64. The van der Waals surface area contributed by atoms with Gasteiger partial charge in [0.05, 0.1) is 6.04 Å². The molecule has 6 nitrogen and oxygen atoms in total. The van der Waals surface area contributed by atoms with Crippen molar-refractivity contribution in [3.8, 4) is 0 Å². The summed E-state index contributed by atoms with van der Waals surface area (Å²) < 4.78 is 0. The lowest BCUT2D eigenvalue weighted by atomic mass is 10.1. The number of anilines is 1. The molecular weight excluding hydrogens is 453 g/mol. The lowest BCUT2D eigenvalue weighted by Gasteiger charge is -2.22. The van der Waals surface area contributed by atoms with Crippen LogP contribution in [0.3, 0.4) is 0 Å². The highest BCUT2D eigenvalue weighted by Gasteiger charge is 2.28. The number of amides is 1. The molecule has 3 N–H and O–H groups in total. The number of carbonyl (C=O) groups is 1. The molecule has 1 aromatic rings. The first-order valence-electron chi connectivity index (χ1n) is 9.77. The third-order valence-corrected chi connectivity index (χ3v) is 5.08. The number of halogens is 1. The molecule has 0 spiro atoms. The third kappa shape index (κ3) is 6.55. The summed E-state index contributed by atoms with van der Waals surface area (Å²) in [5.74, 6) is 1.20. The fourth-order valence-corrected chi connectivity index (χ4v) is 3.31. The van der Waals surface area contributed by atoms with E-state index in [1.807, 2.05) is 0 Å². The highest BCUT2D eigenvalue weighted by molar-refractivity contribution is 14.0. The van der Waals surface area contributed by atoms with Gasteiger partial charge in [0.15, 0.2) is 5.96 Å². The quantitative estimate of drug-likeness (QED) is 0.241. The molecule has 7 heteroatoms. The maximum Gasteiger partial charge on any atom is 0.223 e. The number of rotatable bonds is 7. The van der Waals surface area contributed by atoms with Gasteiger partial charge in [-0.15, -0.1) is 24.0 Å². The van der Waals surface area contributed by atoms with E-state index in [1.54, 1.807) is 7.05 Å². The summed E-state index contributed by atoms with van der Waals surface area (Å²) in [4.78, 5) is 18.4. The van der Waals surface area contributed by atoms with Crippen LogP contribution in [0.2, 0.25) is 0 Å². The Kier molecular flexibility index (Phi) is 8.66. The minimum absolute atomic E-state index is 0. The average molecular weight is 485 g/mol. The molecule has 1 aromatic carbocycles. The van der Waals surface area contributed by atoms with Gasteiger partial charge in [-0.3, -0.25) is 9.79 Å². The van der Waals surface area contributed by atoms with Crippen molar-refractivity contribution in [2.75, 3.05) is 38.1 Å². The Morgan fingerprint density at radius 1 is 1.22 bits per heavy atom. The average Bonchev–Trinajstić information content (AvgIpc) is 3.38. The molecule has 1 aliphatic carbocycles. The van der Waals surface area contributed by atoms with Crippen molar-refractivity contribution >= 4 is 41.5 Å². The molecule has 1 aliphatic heterocycles. The van der Waals surface area contributed by atoms with Crippen molar-refractivity contribution in [3.63, 3.8) is 0 Å². The van der Waals surface area contributed by atoms with Gasteiger partial charge in [0, 0.05) is 44.8 Å². The molecule has 1 atom stereocenters. The SMILES string of the molecule is CN=C(NCCNC(=O)C1CC1)NC(C)c1cccc(N2CCCC2)c1.I. The fraction of sp³-hybridized carbons (Fsp3) is 0.600. The van der Waals surface area contributed by atoms with Crippen LogP contribution in [-0.2, 0) is 4.79 Å². The maximum absolute atomic E-state index is 11.6. The zero-order valence-electron chi connectivity index (χ0n) is 16.3. The molecule has 150 valence electrons. The molecule has 2 aliphatic rings. The number of hydrogen-bond donors (Lipinski definition) is 3. The zero-order chi connectivity index (χ0) is 18.4. The van der Waals surface area contributed by atoms with E-state index in [0.717, 1.165) is 31.9 Å². The summed E-state index contributed by atoms with van der Waals surface area (Å²) in [6.45, 7) is 5.74. The van der Waals surface area contributed by atoms with Crippen molar-refractivity contribution in [1.29, 1.82) is 0 Å². The van der Waals surface area contributed by atoms with Gasteiger partial charge < -0.3 is 20.9 Å². The first-order chi connectivity index (χ1) is 12.7. The molecule has 1 heterocycles. The van der Waals surface area contributed by atoms with Crippen LogP contribution in [0.1, 0.15) is 44.2 Å². The van der Waals surface area contributed by atoms with Crippen molar-refractivity contribution in [1.82, 2.24) is 16.0 Å². The van der Waals surface area contributed by atoms with Gasteiger partial charge in [-0.2, -0.15) is 0 Å². The number of benzene rings is 1. The molecular formula is C20H32IN5O. The van der Waals surface area contributed by atoms with Crippen LogP contribution in [0.15, 0.2) is 29.3 Å². The van der Waals surface area contributed by atoms with E-state index >= 15 is 0 Å². The summed E-state index contributed by atoms with van der Waals surface area (Å²) in [5.41, 5.74) is 2.55. The molecule has 2 fully saturated rings. The van der Waals surface area contributed by atoms with E-state index < -0.39 is 0 Å². The molecule has 1 saturated heterocycles. The van der Waals surface area contributed by atoms with Crippen LogP contribution in [-0.4, -0.2) is 45.1 Å². The van der Waals surface area contributed by atoms with Gasteiger partial charge in [-0.1, -0.05) is 12.1 Å². The Labute approximate surface area is 179 Å². The first-order valence-corrected chi connectivity index (χ1v) is 9.77. The van der Waals surface area contributed by atoms with Crippen molar-refractivity contribution in [2.24, 2.45) is 10.9 Å². The number of nitrogens with zero attached hydrogens (tertiary/aromatic N) is 2. The summed E-state index contributed by atoms with van der Waals surface area (Å²) in [5, 5.41) is 9.66. The standard InChI is InChI=1S/C20H31N5O.HI/c1-15(17-6-5-7-18(14-17)25-12-3-4-13-25)24-20(21-2)23-11-10-22-19(26)16-8-9-16;/h5-7,14-16H,3-4,8-13H2,1-2H3,(H,22,26)(H2,21,23,24);1H. The lowest BCUT2D eigenvalue weighted by molar-refractivity contribution is -0.122. The highest BCUT2D eigenvalue weighted by atomic mass is 127. The summed E-state index contributed by atoms with van der Waals surface area (Å²) >= 11 is 0. The van der Waals surface area contributed by atoms with Crippen molar-refractivity contribution in [2.45, 2.75) is 38.6 Å². The Morgan fingerprint density at radius 3 is 2.59 bits per heavy atom.